The second kappa shape index (κ2) is 16.2. The Balaban J connectivity index is 0.000000276. The van der Waals surface area contributed by atoms with Crippen LogP contribution in [0.15, 0.2) is 243 Å². The van der Waals surface area contributed by atoms with Crippen LogP contribution in [-0.4, -0.2) is 13.4 Å². The molecule has 0 fully saturated rings. The standard InChI is InChI=1S/C44H32B2N2O4.C14H10/c1-3-15-39(16-4-1)45(49-41-29-35-11-7-8-12-36(35)30-42(41)50-45)47-25-21-33(22-26-47)19-20-34-23-27-48(28-24-34)46(40-17-5-2-6-18-40)51-43-31-37-13-9-10-14-38(37)32-44(43)52-46;1-2-6-12-10-14-8-4-3-7-13(14)9-11(12)5-1/h1-32H;1-10H/b20-19+;. The normalized spacial score (nSPS) is 14.1. The summed E-state index contributed by atoms with van der Waals surface area (Å²) in [6.45, 7) is -4.11. The second-order valence-corrected chi connectivity index (χ2v) is 17.0. The Labute approximate surface area is 382 Å². The third kappa shape index (κ3) is 7.06. The van der Waals surface area contributed by atoms with Crippen molar-refractivity contribution in [1.29, 1.82) is 0 Å². The summed E-state index contributed by atoms with van der Waals surface area (Å²) in [4.78, 5) is 0. The van der Waals surface area contributed by atoms with Crippen molar-refractivity contribution in [2.45, 2.75) is 0 Å². The first-order valence-electron chi connectivity index (χ1n) is 22.4. The van der Waals surface area contributed by atoms with Gasteiger partial charge >= 0.3 is 13.4 Å². The molecule has 314 valence electrons. The molecule has 6 nitrogen and oxygen atoms in total. The summed E-state index contributed by atoms with van der Waals surface area (Å²) in [5.74, 6) is 2.95. The molecule has 2 aliphatic heterocycles. The zero-order valence-electron chi connectivity index (χ0n) is 35.9. The van der Waals surface area contributed by atoms with E-state index >= 15 is 0 Å². The van der Waals surface area contributed by atoms with Crippen LogP contribution in [0.25, 0.3) is 55.2 Å². The predicted molar refractivity (Wildman–Crippen MR) is 269 cm³/mol. The molecule has 0 amide bonds. The lowest BCUT2D eigenvalue weighted by Gasteiger charge is -2.28. The van der Waals surface area contributed by atoms with Gasteiger partial charge in [-0.3, -0.25) is 0 Å². The first kappa shape index (κ1) is 39.0. The van der Waals surface area contributed by atoms with E-state index in [0.717, 1.165) is 66.6 Å². The number of pyridine rings is 2. The van der Waals surface area contributed by atoms with E-state index in [-0.39, 0.29) is 0 Å². The maximum absolute atomic E-state index is 6.74. The third-order valence-electron chi connectivity index (χ3n) is 12.8. The molecule has 0 saturated carbocycles. The summed E-state index contributed by atoms with van der Waals surface area (Å²) in [5, 5.41) is 9.69. The zero-order valence-corrected chi connectivity index (χ0v) is 35.9. The topological polar surface area (TPSA) is 44.7 Å². The Morgan fingerprint density at radius 1 is 0.273 bits per heavy atom. The third-order valence-corrected chi connectivity index (χ3v) is 12.8. The van der Waals surface area contributed by atoms with E-state index in [4.69, 9.17) is 18.6 Å². The minimum Gasteiger partial charge on any atom is -0.616 e. The van der Waals surface area contributed by atoms with Gasteiger partial charge in [0.15, 0.2) is 0 Å². The number of fused-ring (bicyclic) bond motifs is 6. The number of nitrogens with zero attached hydrogens (tertiary/aromatic N) is 2. The zero-order chi connectivity index (χ0) is 43.9. The Morgan fingerprint density at radius 2 is 0.515 bits per heavy atom. The van der Waals surface area contributed by atoms with Crippen LogP contribution in [0.2, 0.25) is 0 Å². The van der Waals surface area contributed by atoms with E-state index in [1.807, 2.05) is 94.4 Å². The van der Waals surface area contributed by atoms with Gasteiger partial charge in [0.25, 0.3) is 0 Å². The fraction of sp³-hybridized carbons (Fsp3) is 0. The van der Waals surface area contributed by atoms with Crippen molar-refractivity contribution in [2.75, 3.05) is 0 Å². The average Bonchev–Trinajstić information content (AvgIpc) is 3.96. The van der Waals surface area contributed by atoms with Gasteiger partial charge in [-0.25, -0.2) is 0 Å². The molecule has 9 aromatic carbocycles. The molecular weight excluding hydrogens is 810 g/mol. The largest absolute Gasteiger partial charge is 0.684 e. The molecule has 0 atom stereocenters. The van der Waals surface area contributed by atoms with E-state index < -0.39 is 13.4 Å². The van der Waals surface area contributed by atoms with Crippen LogP contribution in [0.4, 0.5) is 0 Å². The van der Waals surface area contributed by atoms with Crippen LogP contribution >= 0.6 is 0 Å². The molecule has 0 aliphatic carbocycles. The lowest BCUT2D eigenvalue weighted by Crippen LogP contribution is -2.77. The monoisotopic (exact) mass is 852 g/mol. The number of aromatic nitrogens is 2. The fourth-order valence-electron chi connectivity index (χ4n) is 9.40. The average molecular weight is 853 g/mol. The van der Waals surface area contributed by atoms with Gasteiger partial charge in [-0.05, 0) is 102 Å². The van der Waals surface area contributed by atoms with Crippen molar-refractivity contribution < 1.29 is 27.6 Å². The van der Waals surface area contributed by atoms with E-state index in [9.17, 15) is 0 Å². The van der Waals surface area contributed by atoms with Crippen LogP contribution in [-0.2, 0) is 0 Å². The molecule has 2 aliphatic rings. The highest BCUT2D eigenvalue weighted by atomic mass is 16.7. The van der Waals surface area contributed by atoms with Gasteiger partial charge in [-0.15, -0.1) is 0 Å². The van der Waals surface area contributed by atoms with E-state index in [1.54, 1.807) is 0 Å². The van der Waals surface area contributed by atoms with Gasteiger partial charge in [0.05, 0.1) is 0 Å². The highest BCUT2D eigenvalue weighted by Gasteiger charge is 2.53. The second-order valence-electron chi connectivity index (χ2n) is 17.0. The quantitative estimate of drug-likeness (QED) is 0.123. The predicted octanol–water partition coefficient (Wildman–Crippen LogP) is 11.1. The molecule has 0 unspecified atom stereocenters. The van der Waals surface area contributed by atoms with Crippen molar-refractivity contribution in [1.82, 2.24) is 0 Å². The minimum absolute atomic E-state index is 0.737. The Morgan fingerprint density at radius 3 is 0.788 bits per heavy atom. The molecule has 13 rings (SSSR count). The molecule has 11 aromatic rings. The SMILES string of the molecule is C(=C\c1cc[n+]([B-]2(c3ccccc3)Oc3cc4ccccc4cc3O2)cc1)/c1cc[n+]([B-]2(c3ccccc3)Oc3cc4ccccc4cc3O2)cc1.c1ccc2cc3ccccc3cc2c1. The maximum atomic E-state index is 6.74. The summed E-state index contributed by atoms with van der Waals surface area (Å²) in [7, 11) is 0. The molecule has 8 heteroatoms. The molecule has 0 bridgehead atoms. The van der Waals surface area contributed by atoms with Gasteiger partial charge in [-0.1, -0.05) is 170 Å². The van der Waals surface area contributed by atoms with Crippen molar-refractivity contribution in [2.24, 2.45) is 0 Å². The fourth-order valence-corrected chi connectivity index (χ4v) is 9.40. The highest BCUT2D eigenvalue weighted by molar-refractivity contribution is 6.76. The lowest BCUT2D eigenvalue weighted by molar-refractivity contribution is -0.566. The van der Waals surface area contributed by atoms with E-state index in [0.29, 0.717) is 0 Å². The van der Waals surface area contributed by atoms with Crippen LogP contribution in [0.1, 0.15) is 11.1 Å². The van der Waals surface area contributed by atoms with Gasteiger partial charge in [0.1, 0.15) is 47.8 Å². The van der Waals surface area contributed by atoms with Gasteiger partial charge in [0, 0.05) is 24.3 Å². The summed E-state index contributed by atoms with van der Waals surface area (Å²) in [6, 6.07) is 74.8. The molecular formula is C58H42B2N2O4. The van der Waals surface area contributed by atoms with E-state index in [2.05, 4.69) is 170 Å². The molecule has 0 N–H and O–H groups in total. The lowest BCUT2D eigenvalue weighted by atomic mass is 9.63. The smallest absolute Gasteiger partial charge is 0.616 e. The highest BCUT2D eigenvalue weighted by Crippen LogP contribution is 2.41. The minimum atomic E-state index is -2.05. The number of benzene rings is 9. The van der Waals surface area contributed by atoms with Crippen molar-refractivity contribution in [3.05, 3.63) is 254 Å². The summed E-state index contributed by atoms with van der Waals surface area (Å²) >= 11 is 0. The maximum Gasteiger partial charge on any atom is 0.684 e. The van der Waals surface area contributed by atoms with Crippen molar-refractivity contribution in [3.63, 3.8) is 0 Å². The molecule has 66 heavy (non-hydrogen) atoms. The Kier molecular flexibility index (Phi) is 9.57. The summed E-state index contributed by atoms with van der Waals surface area (Å²) in [6.07, 6.45) is 12.3. The van der Waals surface area contributed by atoms with Crippen LogP contribution in [0.3, 0.4) is 0 Å². The summed E-state index contributed by atoms with van der Waals surface area (Å²) in [5.41, 5.74) is 4.00. The summed E-state index contributed by atoms with van der Waals surface area (Å²) < 4.78 is 31.0. The molecule has 0 saturated heterocycles. The molecule has 4 heterocycles. The van der Waals surface area contributed by atoms with Crippen LogP contribution in [0, 0.1) is 0 Å². The van der Waals surface area contributed by atoms with Crippen molar-refractivity contribution in [3.8, 4) is 23.0 Å². The van der Waals surface area contributed by atoms with Crippen LogP contribution < -0.4 is 38.5 Å². The van der Waals surface area contributed by atoms with Gasteiger partial charge in [0.2, 0.25) is 0 Å². The number of hydrogen-bond acceptors (Lipinski definition) is 4. The van der Waals surface area contributed by atoms with Gasteiger partial charge < -0.3 is 27.6 Å². The Bertz CT molecular complexity index is 3230. The molecule has 0 spiro atoms. The number of hydrogen-bond donors (Lipinski definition) is 0. The number of rotatable bonds is 6. The molecule has 2 aromatic heterocycles. The van der Waals surface area contributed by atoms with E-state index in [1.165, 1.54) is 21.5 Å². The Hall–Kier alpha value is -8.61. The first-order valence-corrected chi connectivity index (χ1v) is 22.4. The molecule has 0 radical (unpaired) electrons. The van der Waals surface area contributed by atoms with Crippen molar-refractivity contribution >= 4 is 79.5 Å². The van der Waals surface area contributed by atoms with Gasteiger partial charge in [-0.2, -0.15) is 0 Å². The first-order chi connectivity index (χ1) is 32.6. The van der Waals surface area contributed by atoms with Crippen LogP contribution in [0.5, 0.6) is 23.0 Å².